The van der Waals surface area contributed by atoms with Crippen molar-refractivity contribution < 1.29 is 14.6 Å². The molecule has 0 spiro atoms. The number of ether oxygens (including phenoxy) is 2. The van der Waals surface area contributed by atoms with Crippen molar-refractivity contribution in [1.29, 1.82) is 0 Å². The zero-order valence-electron chi connectivity index (χ0n) is 22.6. The number of rotatable bonds is 9. The van der Waals surface area contributed by atoms with Crippen LogP contribution in [0.3, 0.4) is 0 Å². The SMILES string of the molecule is OC(c1ccc(-c2cccnc2OC2CCCC2)cc1)c1ccnc(OC2CCCC2)c1-c1ccc(CBr)cc1. The zero-order chi connectivity index (χ0) is 27.3. The number of aromatic nitrogens is 2. The molecule has 2 aliphatic rings. The van der Waals surface area contributed by atoms with Crippen molar-refractivity contribution in [3.8, 4) is 34.0 Å². The standard InChI is InChI=1S/C34H35BrN2O3/c35-22-23-11-13-25(14-12-23)31-30(19-21-37-34(31)40-28-8-3-4-9-28)32(38)26-17-15-24(16-18-26)29-10-5-20-36-33(29)39-27-6-1-2-7-27/h5,10-21,27-28,32,38H,1-4,6-9,22H2. The average Bonchev–Trinajstić information content (AvgIpc) is 3.72. The highest BCUT2D eigenvalue weighted by atomic mass is 79.9. The molecule has 206 valence electrons. The molecule has 0 bridgehead atoms. The fourth-order valence-corrected chi connectivity index (χ4v) is 6.26. The average molecular weight is 600 g/mol. The number of pyridine rings is 2. The number of halogens is 1. The lowest BCUT2D eigenvalue weighted by Crippen LogP contribution is -2.14. The lowest BCUT2D eigenvalue weighted by molar-refractivity contribution is 0.198. The van der Waals surface area contributed by atoms with Crippen LogP contribution in [-0.4, -0.2) is 27.3 Å². The molecule has 2 fully saturated rings. The molecule has 1 unspecified atom stereocenters. The van der Waals surface area contributed by atoms with Gasteiger partial charge in [-0.2, -0.15) is 0 Å². The molecule has 40 heavy (non-hydrogen) atoms. The van der Waals surface area contributed by atoms with E-state index in [1.807, 2.05) is 42.5 Å². The quantitative estimate of drug-likeness (QED) is 0.196. The van der Waals surface area contributed by atoms with Gasteiger partial charge in [-0.25, -0.2) is 9.97 Å². The summed E-state index contributed by atoms with van der Waals surface area (Å²) in [5.41, 5.74) is 6.61. The summed E-state index contributed by atoms with van der Waals surface area (Å²) in [6, 6.07) is 22.3. The Morgan fingerprint density at radius 1 is 0.725 bits per heavy atom. The topological polar surface area (TPSA) is 64.5 Å². The molecule has 6 rings (SSSR count). The number of nitrogens with zero attached hydrogens (tertiary/aromatic N) is 2. The van der Waals surface area contributed by atoms with E-state index in [2.05, 4.69) is 50.2 Å². The highest BCUT2D eigenvalue weighted by molar-refractivity contribution is 9.08. The molecule has 2 aromatic carbocycles. The van der Waals surface area contributed by atoms with Gasteiger partial charge < -0.3 is 14.6 Å². The maximum atomic E-state index is 11.7. The Labute approximate surface area is 244 Å². The Morgan fingerprint density at radius 2 is 1.32 bits per heavy atom. The lowest BCUT2D eigenvalue weighted by atomic mass is 9.92. The van der Waals surface area contributed by atoms with Gasteiger partial charge in [0.05, 0.1) is 5.56 Å². The Kier molecular flexibility index (Phi) is 8.45. The summed E-state index contributed by atoms with van der Waals surface area (Å²) in [7, 11) is 0. The van der Waals surface area contributed by atoms with Crippen LogP contribution < -0.4 is 9.47 Å². The molecule has 1 atom stereocenters. The van der Waals surface area contributed by atoms with Gasteiger partial charge in [0.2, 0.25) is 11.8 Å². The van der Waals surface area contributed by atoms with Crippen LogP contribution in [-0.2, 0) is 5.33 Å². The first-order chi connectivity index (χ1) is 19.7. The van der Waals surface area contributed by atoms with Gasteiger partial charge >= 0.3 is 0 Å². The first-order valence-electron chi connectivity index (χ1n) is 14.4. The molecule has 0 aliphatic heterocycles. The molecular weight excluding hydrogens is 564 g/mol. The molecule has 0 saturated heterocycles. The fraction of sp³-hybridized carbons (Fsp3) is 0.353. The van der Waals surface area contributed by atoms with Gasteiger partial charge in [-0.3, -0.25) is 0 Å². The maximum Gasteiger partial charge on any atom is 0.221 e. The maximum absolute atomic E-state index is 11.7. The molecule has 0 radical (unpaired) electrons. The van der Waals surface area contributed by atoms with Crippen LogP contribution in [0.25, 0.3) is 22.3 Å². The molecule has 1 N–H and O–H groups in total. The largest absolute Gasteiger partial charge is 0.474 e. The number of aliphatic hydroxyl groups excluding tert-OH is 1. The lowest BCUT2D eigenvalue weighted by Gasteiger charge is -2.21. The van der Waals surface area contributed by atoms with Crippen LogP contribution in [0.1, 0.15) is 74.2 Å². The molecule has 0 amide bonds. The minimum Gasteiger partial charge on any atom is -0.474 e. The smallest absolute Gasteiger partial charge is 0.221 e. The Bertz CT molecular complexity index is 1410. The van der Waals surface area contributed by atoms with Crippen LogP contribution >= 0.6 is 15.9 Å². The summed E-state index contributed by atoms with van der Waals surface area (Å²) in [4.78, 5) is 9.18. The number of hydrogen-bond acceptors (Lipinski definition) is 5. The molecule has 6 heteroatoms. The summed E-state index contributed by atoms with van der Waals surface area (Å²) in [5, 5.41) is 12.5. The van der Waals surface area contributed by atoms with E-state index in [0.29, 0.717) is 11.8 Å². The minimum absolute atomic E-state index is 0.167. The Balaban J connectivity index is 1.32. The van der Waals surface area contributed by atoms with Crippen LogP contribution in [0.4, 0.5) is 0 Å². The molecule has 2 saturated carbocycles. The van der Waals surface area contributed by atoms with E-state index < -0.39 is 6.10 Å². The Hall–Kier alpha value is -3.22. The van der Waals surface area contributed by atoms with E-state index >= 15 is 0 Å². The van der Waals surface area contributed by atoms with Crippen molar-refractivity contribution >= 4 is 15.9 Å². The number of alkyl halides is 1. The molecule has 2 aromatic heterocycles. The monoisotopic (exact) mass is 598 g/mol. The highest BCUT2D eigenvalue weighted by Gasteiger charge is 2.25. The second kappa shape index (κ2) is 12.5. The summed E-state index contributed by atoms with van der Waals surface area (Å²) in [5.74, 6) is 1.27. The van der Waals surface area contributed by atoms with Crippen LogP contribution in [0, 0.1) is 0 Å². The summed E-state index contributed by atoms with van der Waals surface area (Å²) < 4.78 is 12.7. The summed E-state index contributed by atoms with van der Waals surface area (Å²) in [6.45, 7) is 0. The van der Waals surface area contributed by atoms with Gasteiger partial charge in [-0.1, -0.05) is 64.5 Å². The number of hydrogen-bond donors (Lipinski definition) is 1. The summed E-state index contributed by atoms with van der Waals surface area (Å²) in [6.07, 6.45) is 12.1. The van der Waals surface area contributed by atoms with Crippen molar-refractivity contribution in [3.63, 3.8) is 0 Å². The van der Waals surface area contributed by atoms with Crippen molar-refractivity contribution in [2.24, 2.45) is 0 Å². The third kappa shape index (κ3) is 5.93. The van der Waals surface area contributed by atoms with Gasteiger partial charge in [0.25, 0.3) is 0 Å². The predicted octanol–water partition coefficient (Wildman–Crippen LogP) is 8.43. The second-order valence-corrected chi connectivity index (χ2v) is 11.4. The van der Waals surface area contributed by atoms with Gasteiger partial charge in [0.15, 0.2) is 0 Å². The van der Waals surface area contributed by atoms with Gasteiger partial charge in [0, 0.05) is 23.3 Å². The van der Waals surface area contributed by atoms with Crippen LogP contribution in [0.15, 0.2) is 79.1 Å². The first kappa shape index (κ1) is 27.0. The summed E-state index contributed by atoms with van der Waals surface area (Å²) >= 11 is 3.54. The number of aliphatic hydroxyl groups is 1. The molecule has 2 heterocycles. The van der Waals surface area contributed by atoms with E-state index in [0.717, 1.165) is 64.4 Å². The van der Waals surface area contributed by atoms with Crippen molar-refractivity contribution in [2.45, 2.75) is 75.0 Å². The minimum atomic E-state index is -0.836. The van der Waals surface area contributed by atoms with Crippen molar-refractivity contribution in [3.05, 3.63) is 95.8 Å². The molecule has 4 aromatic rings. The highest BCUT2D eigenvalue weighted by Crippen LogP contribution is 2.40. The van der Waals surface area contributed by atoms with Gasteiger partial charge in [-0.05, 0) is 97.4 Å². The third-order valence-corrected chi connectivity index (χ3v) is 8.76. The first-order valence-corrected chi connectivity index (χ1v) is 15.5. The van der Waals surface area contributed by atoms with E-state index in [1.54, 1.807) is 12.4 Å². The Morgan fingerprint density at radius 3 is 1.98 bits per heavy atom. The normalized spacial score (nSPS) is 16.8. The van der Waals surface area contributed by atoms with Gasteiger partial charge in [-0.15, -0.1) is 0 Å². The van der Waals surface area contributed by atoms with Crippen LogP contribution in [0.5, 0.6) is 11.8 Å². The van der Waals surface area contributed by atoms with E-state index in [-0.39, 0.29) is 12.2 Å². The second-order valence-electron chi connectivity index (χ2n) is 10.8. The van der Waals surface area contributed by atoms with Crippen LogP contribution in [0.2, 0.25) is 0 Å². The third-order valence-electron chi connectivity index (χ3n) is 8.11. The molecule has 5 nitrogen and oxygen atoms in total. The zero-order valence-corrected chi connectivity index (χ0v) is 24.2. The van der Waals surface area contributed by atoms with E-state index in [9.17, 15) is 5.11 Å². The van der Waals surface area contributed by atoms with Gasteiger partial charge in [0.1, 0.15) is 18.3 Å². The van der Waals surface area contributed by atoms with E-state index in [4.69, 9.17) is 9.47 Å². The fourth-order valence-electron chi connectivity index (χ4n) is 5.88. The van der Waals surface area contributed by atoms with Crippen molar-refractivity contribution in [1.82, 2.24) is 9.97 Å². The molecular formula is C34H35BrN2O3. The van der Waals surface area contributed by atoms with Crippen molar-refractivity contribution in [2.75, 3.05) is 0 Å². The number of benzene rings is 2. The molecule has 2 aliphatic carbocycles. The predicted molar refractivity (Wildman–Crippen MR) is 162 cm³/mol. The van der Waals surface area contributed by atoms with E-state index in [1.165, 1.54) is 31.2 Å².